The molecule has 5 nitrogen and oxygen atoms in total. The Balaban J connectivity index is 1.94. The van der Waals surface area contributed by atoms with Crippen molar-refractivity contribution in [2.45, 2.75) is 45.8 Å². The summed E-state index contributed by atoms with van der Waals surface area (Å²) in [4.78, 5) is 18.8. The number of aromatic carboxylic acids is 1. The van der Waals surface area contributed by atoms with E-state index in [1.54, 1.807) is 0 Å². The van der Waals surface area contributed by atoms with Crippen LogP contribution in [-0.2, 0) is 11.3 Å². The number of carboxylic acids is 1. The van der Waals surface area contributed by atoms with Gasteiger partial charge in [-0.05, 0) is 31.1 Å². The summed E-state index contributed by atoms with van der Waals surface area (Å²) in [6.45, 7) is 4.76. The predicted octanol–water partition coefficient (Wildman–Crippen LogP) is 2.52. The third-order valence-electron chi connectivity index (χ3n) is 4.03. The summed E-state index contributed by atoms with van der Waals surface area (Å²) in [5, 5.41) is 9.04. The number of nitrogens with zero attached hydrogens (tertiary/aromatic N) is 2. The van der Waals surface area contributed by atoms with Gasteiger partial charge >= 0.3 is 5.97 Å². The molecule has 1 heterocycles. The van der Waals surface area contributed by atoms with Crippen molar-refractivity contribution in [2.75, 3.05) is 0 Å². The van der Waals surface area contributed by atoms with Gasteiger partial charge in [0.05, 0.1) is 18.4 Å². The third kappa shape index (κ3) is 3.50. The Morgan fingerprint density at radius 1 is 1.42 bits per heavy atom. The van der Waals surface area contributed by atoms with Crippen LogP contribution in [0.2, 0.25) is 0 Å². The Morgan fingerprint density at radius 3 is 2.89 bits per heavy atom. The number of hydrogen-bond donors (Lipinski definition) is 1. The highest BCUT2D eigenvalue weighted by Crippen LogP contribution is 2.31. The van der Waals surface area contributed by atoms with Gasteiger partial charge in [0, 0.05) is 6.20 Å². The molecule has 1 aliphatic carbocycles. The molecule has 1 fully saturated rings. The summed E-state index contributed by atoms with van der Waals surface area (Å²) < 4.78 is 5.82. The molecule has 0 saturated heterocycles. The molecule has 1 aromatic heterocycles. The van der Waals surface area contributed by atoms with E-state index in [2.05, 4.69) is 23.8 Å². The maximum Gasteiger partial charge on any atom is 0.339 e. The molecule has 104 valence electrons. The molecule has 1 N–H and O–H groups in total. The Hall–Kier alpha value is -1.49. The van der Waals surface area contributed by atoms with E-state index in [1.807, 2.05) is 0 Å². The summed E-state index contributed by atoms with van der Waals surface area (Å²) >= 11 is 0. The summed E-state index contributed by atoms with van der Waals surface area (Å²) in [7, 11) is 0. The zero-order valence-electron chi connectivity index (χ0n) is 11.4. The third-order valence-corrected chi connectivity index (χ3v) is 4.03. The average Bonchev–Trinajstić information content (AvgIpc) is 2.40. The van der Waals surface area contributed by atoms with Crippen molar-refractivity contribution in [1.82, 2.24) is 9.97 Å². The van der Waals surface area contributed by atoms with Gasteiger partial charge in [-0.25, -0.2) is 14.8 Å². The maximum atomic E-state index is 11.0. The monoisotopic (exact) mass is 264 g/mol. The lowest BCUT2D eigenvalue weighted by Gasteiger charge is -2.31. The zero-order chi connectivity index (χ0) is 13.8. The Kier molecular flexibility index (Phi) is 4.47. The van der Waals surface area contributed by atoms with E-state index in [9.17, 15) is 4.79 Å². The van der Waals surface area contributed by atoms with Gasteiger partial charge in [-0.3, -0.25) is 0 Å². The Bertz CT molecular complexity index is 450. The van der Waals surface area contributed by atoms with Gasteiger partial charge in [0.2, 0.25) is 0 Å². The van der Waals surface area contributed by atoms with E-state index < -0.39 is 5.97 Å². The van der Waals surface area contributed by atoms with Gasteiger partial charge in [-0.15, -0.1) is 0 Å². The van der Waals surface area contributed by atoms with Crippen LogP contribution in [0.25, 0.3) is 0 Å². The van der Waals surface area contributed by atoms with Crippen LogP contribution in [0.1, 0.15) is 49.2 Å². The molecule has 1 aromatic rings. The van der Waals surface area contributed by atoms with E-state index >= 15 is 0 Å². The summed E-state index contributed by atoms with van der Waals surface area (Å²) in [6, 6.07) is 0. The molecule has 2 rings (SSSR count). The largest absolute Gasteiger partial charge is 0.478 e. The minimum absolute atomic E-state index is 0.125. The highest BCUT2D eigenvalue weighted by Gasteiger charge is 2.25. The minimum Gasteiger partial charge on any atom is -0.478 e. The lowest BCUT2D eigenvalue weighted by Crippen LogP contribution is -2.27. The van der Waals surface area contributed by atoms with E-state index in [0.29, 0.717) is 11.6 Å². The molecule has 0 amide bonds. The van der Waals surface area contributed by atoms with Crippen LogP contribution in [0.4, 0.5) is 0 Å². The first-order valence-corrected chi connectivity index (χ1v) is 6.71. The maximum absolute atomic E-state index is 11.0. The van der Waals surface area contributed by atoms with E-state index in [4.69, 9.17) is 9.84 Å². The van der Waals surface area contributed by atoms with E-state index in [-0.39, 0.29) is 18.3 Å². The normalized spacial score (nSPS) is 27.2. The lowest BCUT2D eigenvalue weighted by atomic mass is 9.80. The minimum atomic E-state index is -1.01. The molecule has 5 heteroatoms. The van der Waals surface area contributed by atoms with E-state index in [1.165, 1.54) is 18.9 Å². The van der Waals surface area contributed by atoms with Crippen molar-refractivity contribution >= 4 is 5.97 Å². The van der Waals surface area contributed by atoms with Crippen LogP contribution >= 0.6 is 0 Å². The molecule has 1 aliphatic rings. The molecule has 19 heavy (non-hydrogen) atoms. The topological polar surface area (TPSA) is 72.3 Å². The van der Waals surface area contributed by atoms with Crippen molar-refractivity contribution in [3.05, 3.63) is 23.8 Å². The molecule has 0 aliphatic heterocycles. The van der Waals surface area contributed by atoms with Gasteiger partial charge < -0.3 is 9.84 Å². The SMILES string of the molecule is CC1CCC(OCc2ncncc2C(=O)O)CC1C. The van der Waals surface area contributed by atoms with Crippen LogP contribution in [-0.4, -0.2) is 27.1 Å². The van der Waals surface area contributed by atoms with Gasteiger partial charge in [0.25, 0.3) is 0 Å². The Labute approximate surface area is 113 Å². The molecular formula is C14H20N2O3. The molecule has 0 bridgehead atoms. The quantitative estimate of drug-likeness (QED) is 0.904. The van der Waals surface area contributed by atoms with Gasteiger partial charge in [0.1, 0.15) is 11.9 Å². The highest BCUT2D eigenvalue weighted by molar-refractivity contribution is 5.88. The van der Waals surface area contributed by atoms with Crippen molar-refractivity contribution < 1.29 is 14.6 Å². The standard InChI is InChI=1S/C14H20N2O3/c1-9-3-4-11(5-10(9)2)19-7-13-12(14(17)18)6-15-8-16-13/h6,8-11H,3-5,7H2,1-2H3,(H,17,18). The fourth-order valence-corrected chi connectivity index (χ4v) is 2.49. The van der Waals surface area contributed by atoms with E-state index in [0.717, 1.165) is 18.8 Å². The predicted molar refractivity (Wildman–Crippen MR) is 69.7 cm³/mol. The molecule has 0 radical (unpaired) electrons. The first kappa shape index (κ1) is 13.9. The number of hydrogen-bond acceptors (Lipinski definition) is 4. The van der Waals surface area contributed by atoms with Crippen LogP contribution in [0.5, 0.6) is 0 Å². The average molecular weight is 264 g/mol. The Morgan fingerprint density at radius 2 is 2.21 bits per heavy atom. The number of ether oxygens (including phenoxy) is 1. The van der Waals surface area contributed by atoms with Gasteiger partial charge in [0.15, 0.2) is 0 Å². The second-order valence-corrected chi connectivity index (χ2v) is 5.39. The number of carboxylic acid groups (broad SMARTS) is 1. The van der Waals surface area contributed by atoms with Crippen LogP contribution in [0.15, 0.2) is 12.5 Å². The molecule has 0 spiro atoms. The van der Waals surface area contributed by atoms with Crippen LogP contribution < -0.4 is 0 Å². The second-order valence-electron chi connectivity index (χ2n) is 5.39. The summed E-state index contributed by atoms with van der Waals surface area (Å²) in [6.07, 6.45) is 6.13. The van der Waals surface area contributed by atoms with Crippen molar-refractivity contribution in [3.8, 4) is 0 Å². The molecule has 3 atom stereocenters. The number of aromatic nitrogens is 2. The highest BCUT2D eigenvalue weighted by atomic mass is 16.5. The zero-order valence-corrected chi connectivity index (χ0v) is 11.4. The number of rotatable bonds is 4. The van der Waals surface area contributed by atoms with Crippen LogP contribution in [0.3, 0.4) is 0 Å². The molecule has 3 unspecified atom stereocenters. The fourth-order valence-electron chi connectivity index (χ4n) is 2.49. The first-order valence-electron chi connectivity index (χ1n) is 6.71. The van der Waals surface area contributed by atoms with Gasteiger partial charge in [-0.2, -0.15) is 0 Å². The molecule has 0 aromatic carbocycles. The molecular weight excluding hydrogens is 244 g/mol. The second kappa shape index (κ2) is 6.10. The van der Waals surface area contributed by atoms with Crippen molar-refractivity contribution in [3.63, 3.8) is 0 Å². The van der Waals surface area contributed by atoms with Crippen molar-refractivity contribution in [2.24, 2.45) is 11.8 Å². The fraction of sp³-hybridized carbons (Fsp3) is 0.643. The van der Waals surface area contributed by atoms with Crippen molar-refractivity contribution in [1.29, 1.82) is 0 Å². The molecule has 1 saturated carbocycles. The first-order chi connectivity index (χ1) is 9.08. The smallest absolute Gasteiger partial charge is 0.339 e. The van der Waals surface area contributed by atoms with Crippen LogP contribution in [0, 0.1) is 11.8 Å². The van der Waals surface area contributed by atoms with Gasteiger partial charge in [-0.1, -0.05) is 13.8 Å². The number of carbonyl (C=O) groups is 1. The lowest BCUT2D eigenvalue weighted by molar-refractivity contribution is -0.00923. The summed E-state index contributed by atoms with van der Waals surface area (Å²) in [5.41, 5.74) is 0.577. The summed E-state index contributed by atoms with van der Waals surface area (Å²) in [5.74, 6) is 0.390.